The van der Waals surface area contributed by atoms with E-state index in [4.69, 9.17) is 6.85 Å². The molecule has 2 amide bonds. The largest absolute Gasteiger partial charge is 0.272 e. The molecular formula is C14H9NO2S. The molecule has 0 saturated heterocycles. The number of amides is 2. The second-order valence-corrected chi connectivity index (χ2v) is 4.45. The van der Waals surface area contributed by atoms with Gasteiger partial charge in [0, 0.05) is 4.90 Å². The van der Waals surface area contributed by atoms with Crippen molar-refractivity contribution in [3.05, 3.63) is 65.6 Å². The van der Waals surface area contributed by atoms with E-state index in [1.165, 1.54) is 12.1 Å². The fraction of sp³-hybridized carbons (Fsp3) is 0. The molecule has 4 heteroatoms. The summed E-state index contributed by atoms with van der Waals surface area (Å²) in [5, 5.41) is 0. The first-order valence-corrected chi connectivity index (χ1v) is 5.84. The second kappa shape index (κ2) is 4.31. The molecule has 0 unspecified atom stereocenters. The van der Waals surface area contributed by atoms with Gasteiger partial charge in [-0.1, -0.05) is 30.3 Å². The smallest absolute Gasteiger partial charge is 0.268 e. The Bertz CT molecular complexity index is 806. The SMILES string of the molecule is [2H]c1c([2H])c([2H])c(SN2C(=O)c3ccccc3C2=O)c([2H])c1[2H]. The van der Waals surface area contributed by atoms with Crippen LogP contribution in [-0.2, 0) is 0 Å². The molecule has 3 nitrogen and oxygen atoms in total. The van der Waals surface area contributed by atoms with E-state index in [0.29, 0.717) is 11.9 Å². The average Bonchev–Trinajstić information content (AvgIpc) is 2.80. The molecule has 3 rings (SSSR count). The van der Waals surface area contributed by atoms with E-state index in [-0.39, 0.29) is 16.0 Å². The minimum absolute atomic E-state index is 0.162. The molecule has 2 aromatic rings. The molecule has 0 radical (unpaired) electrons. The van der Waals surface area contributed by atoms with E-state index in [0.717, 1.165) is 4.31 Å². The lowest BCUT2D eigenvalue weighted by molar-refractivity contribution is 0.0777. The predicted molar refractivity (Wildman–Crippen MR) is 69.2 cm³/mol. The van der Waals surface area contributed by atoms with Crippen molar-refractivity contribution in [2.45, 2.75) is 4.90 Å². The number of rotatable bonds is 2. The average molecular weight is 260 g/mol. The van der Waals surface area contributed by atoms with Gasteiger partial charge < -0.3 is 0 Å². The van der Waals surface area contributed by atoms with Crippen LogP contribution in [0.3, 0.4) is 0 Å². The number of nitrogens with zero attached hydrogens (tertiary/aromatic N) is 1. The number of fused-ring (bicyclic) bond motifs is 1. The molecule has 1 aliphatic rings. The minimum Gasteiger partial charge on any atom is -0.268 e. The maximum absolute atomic E-state index is 12.3. The maximum atomic E-state index is 12.3. The predicted octanol–water partition coefficient (Wildman–Crippen LogP) is 2.99. The fourth-order valence-corrected chi connectivity index (χ4v) is 2.36. The first-order valence-electron chi connectivity index (χ1n) is 7.57. The first kappa shape index (κ1) is 6.75. The Labute approximate surface area is 116 Å². The number of imide groups is 1. The summed E-state index contributed by atoms with van der Waals surface area (Å²) >= 11 is 0.550. The summed E-state index contributed by atoms with van der Waals surface area (Å²) in [6, 6.07) is 3.85. The van der Waals surface area contributed by atoms with Crippen LogP contribution in [0, 0.1) is 0 Å². The quantitative estimate of drug-likeness (QED) is 0.615. The number of carbonyl (C=O) groups excluding carboxylic acids is 2. The van der Waals surface area contributed by atoms with Crippen LogP contribution in [0.4, 0.5) is 0 Å². The van der Waals surface area contributed by atoms with Gasteiger partial charge in [0.15, 0.2) is 0 Å². The van der Waals surface area contributed by atoms with E-state index < -0.39 is 42.0 Å². The Morgan fingerprint density at radius 3 is 2.06 bits per heavy atom. The third-order valence-electron chi connectivity index (χ3n) is 2.42. The van der Waals surface area contributed by atoms with Crippen LogP contribution in [0.15, 0.2) is 59.4 Å². The third kappa shape index (κ3) is 1.71. The Balaban J connectivity index is 2.05. The van der Waals surface area contributed by atoms with Crippen molar-refractivity contribution in [1.29, 1.82) is 0 Å². The van der Waals surface area contributed by atoms with Crippen molar-refractivity contribution in [3.63, 3.8) is 0 Å². The molecule has 0 aromatic heterocycles. The molecule has 0 atom stereocenters. The monoisotopic (exact) mass is 260 g/mol. The lowest BCUT2D eigenvalue weighted by Crippen LogP contribution is -2.21. The van der Waals surface area contributed by atoms with Crippen molar-refractivity contribution in [2.24, 2.45) is 0 Å². The van der Waals surface area contributed by atoms with Gasteiger partial charge in [0.2, 0.25) is 0 Å². The molecule has 0 aliphatic carbocycles. The Morgan fingerprint density at radius 2 is 1.50 bits per heavy atom. The number of benzene rings is 2. The Hall–Kier alpha value is -2.07. The summed E-state index contributed by atoms with van der Waals surface area (Å²) in [6.45, 7) is 0. The number of carbonyl (C=O) groups is 2. The first-order chi connectivity index (χ1) is 10.8. The zero-order chi connectivity index (χ0) is 16.9. The van der Waals surface area contributed by atoms with Gasteiger partial charge in [-0.25, -0.2) is 4.31 Å². The number of hydrogen-bond donors (Lipinski definition) is 0. The van der Waals surface area contributed by atoms with Gasteiger partial charge in [-0.2, -0.15) is 0 Å². The van der Waals surface area contributed by atoms with Crippen LogP contribution in [0.5, 0.6) is 0 Å². The molecule has 18 heavy (non-hydrogen) atoms. The van der Waals surface area contributed by atoms with E-state index >= 15 is 0 Å². The normalized spacial score (nSPS) is 17.8. The van der Waals surface area contributed by atoms with E-state index in [1.807, 2.05) is 0 Å². The third-order valence-corrected chi connectivity index (χ3v) is 3.32. The van der Waals surface area contributed by atoms with Crippen LogP contribution < -0.4 is 0 Å². The summed E-state index contributed by atoms with van der Waals surface area (Å²) < 4.78 is 39.3. The molecule has 88 valence electrons. The Morgan fingerprint density at radius 1 is 0.944 bits per heavy atom. The van der Waals surface area contributed by atoms with Gasteiger partial charge in [-0.15, -0.1) is 0 Å². The highest BCUT2D eigenvalue weighted by Gasteiger charge is 2.35. The standard InChI is InChI=1S/C14H9NO2S/c16-13-11-8-4-5-9-12(11)14(17)15(13)18-10-6-2-1-3-7-10/h1-9H/i1D,2D,3D,6D,7D. The maximum Gasteiger partial charge on any atom is 0.272 e. The molecule has 0 spiro atoms. The van der Waals surface area contributed by atoms with Gasteiger partial charge in [0.05, 0.1) is 18.0 Å². The lowest BCUT2D eigenvalue weighted by atomic mass is 10.1. The molecule has 2 aromatic carbocycles. The van der Waals surface area contributed by atoms with Crippen molar-refractivity contribution in [1.82, 2.24) is 4.31 Å². The van der Waals surface area contributed by atoms with Gasteiger partial charge in [0.25, 0.3) is 11.8 Å². The molecule has 0 fully saturated rings. The van der Waals surface area contributed by atoms with Gasteiger partial charge in [0.1, 0.15) is 0 Å². The summed E-state index contributed by atoms with van der Waals surface area (Å²) in [5.41, 5.74) is 0.467. The summed E-state index contributed by atoms with van der Waals surface area (Å²) in [7, 11) is 0. The van der Waals surface area contributed by atoms with Gasteiger partial charge in [-0.05, 0) is 36.2 Å². The zero-order valence-electron chi connectivity index (χ0n) is 14.0. The molecular weight excluding hydrogens is 246 g/mol. The van der Waals surface area contributed by atoms with Crippen molar-refractivity contribution in [3.8, 4) is 0 Å². The van der Waals surface area contributed by atoms with E-state index in [1.54, 1.807) is 12.1 Å². The lowest BCUT2D eigenvalue weighted by Gasteiger charge is -2.11. The molecule has 1 aliphatic heterocycles. The summed E-state index contributed by atoms with van der Waals surface area (Å²) in [5.74, 6) is -1.13. The highest BCUT2D eigenvalue weighted by Crippen LogP contribution is 2.32. The van der Waals surface area contributed by atoms with Gasteiger partial charge in [-0.3, -0.25) is 9.59 Å². The highest BCUT2D eigenvalue weighted by atomic mass is 32.2. The molecule has 0 bridgehead atoms. The van der Waals surface area contributed by atoms with Crippen LogP contribution in [-0.4, -0.2) is 16.1 Å². The van der Waals surface area contributed by atoms with Gasteiger partial charge >= 0.3 is 0 Å². The summed E-state index contributed by atoms with van der Waals surface area (Å²) in [4.78, 5) is 24.4. The molecule has 0 saturated carbocycles. The highest BCUT2D eigenvalue weighted by molar-refractivity contribution is 7.98. The molecule has 1 heterocycles. The Kier molecular flexibility index (Phi) is 1.62. The van der Waals surface area contributed by atoms with E-state index in [2.05, 4.69) is 0 Å². The van der Waals surface area contributed by atoms with Crippen molar-refractivity contribution in [2.75, 3.05) is 0 Å². The van der Waals surface area contributed by atoms with Crippen LogP contribution in [0.1, 0.15) is 27.6 Å². The summed E-state index contributed by atoms with van der Waals surface area (Å²) in [6.07, 6.45) is 0. The van der Waals surface area contributed by atoms with Crippen LogP contribution >= 0.6 is 11.9 Å². The van der Waals surface area contributed by atoms with E-state index in [9.17, 15) is 9.59 Å². The molecule has 0 N–H and O–H groups in total. The van der Waals surface area contributed by atoms with Crippen molar-refractivity contribution >= 4 is 23.8 Å². The van der Waals surface area contributed by atoms with Crippen LogP contribution in [0.2, 0.25) is 0 Å². The number of hydrogen-bond acceptors (Lipinski definition) is 3. The minimum atomic E-state index is -0.567. The topological polar surface area (TPSA) is 37.4 Å². The zero-order valence-corrected chi connectivity index (χ0v) is 9.80. The second-order valence-electron chi connectivity index (χ2n) is 3.50. The fourth-order valence-electron chi connectivity index (χ4n) is 1.63. The van der Waals surface area contributed by atoms with Crippen molar-refractivity contribution < 1.29 is 16.4 Å². The van der Waals surface area contributed by atoms with Crippen LogP contribution in [0.25, 0.3) is 0 Å².